The van der Waals surface area contributed by atoms with E-state index in [0.717, 1.165) is 11.1 Å². The summed E-state index contributed by atoms with van der Waals surface area (Å²) in [5.41, 5.74) is 2.89. The predicted octanol–water partition coefficient (Wildman–Crippen LogP) is 2.73. The summed E-state index contributed by atoms with van der Waals surface area (Å²) in [7, 11) is -3.69. The van der Waals surface area contributed by atoms with Crippen molar-refractivity contribution in [2.24, 2.45) is 0 Å². The molecule has 0 unspecified atom stereocenters. The summed E-state index contributed by atoms with van der Waals surface area (Å²) in [5.74, 6) is 4.95. The maximum absolute atomic E-state index is 13.4. The Morgan fingerprint density at radius 1 is 0.944 bits per heavy atom. The Balaban J connectivity index is 1.34. The zero-order valence-electron chi connectivity index (χ0n) is 19.4. The van der Waals surface area contributed by atoms with E-state index in [1.165, 1.54) is 16.4 Å². The van der Waals surface area contributed by atoms with Gasteiger partial charge in [-0.3, -0.25) is 4.79 Å². The van der Waals surface area contributed by atoms with Gasteiger partial charge in [0.2, 0.25) is 15.9 Å². The number of carbonyl (C=O) groups is 1. The van der Waals surface area contributed by atoms with Gasteiger partial charge in [0.1, 0.15) is 5.82 Å². The number of fused-ring (bicyclic) bond motifs is 1. The molecule has 0 aliphatic carbocycles. The largest absolute Gasteiger partial charge is 0.394 e. The van der Waals surface area contributed by atoms with Crippen LogP contribution in [0.4, 0.5) is 4.39 Å². The Hall–Kier alpha value is -3.51. The van der Waals surface area contributed by atoms with Gasteiger partial charge in [0.25, 0.3) is 0 Å². The molecule has 0 spiro atoms. The second-order valence-corrected chi connectivity index (χ2v) is 11.0. The van der Waals surface area contributed by atoms with Crippen LogP contribution in [0.15, 0.2) is 78.9 Å². The minimum absolute atomic E-state index is 0.166. The van der Waals surface area contributed by atoms with Crippen molar-refractivity contribution in [2.75, 3.05) is 19.7 Å². The minimum Gasteiger partial charge on any atom is -0.394 e. The number of rotatable bonds is 5. The molecule has 2 aliphatic heterocycles. The summed E-state index contributed by atoms with van der Waals surface area (Å²) in [6.45, 7) is -0.239. The second kappa shape index (κ2) is 9.86. The van der Waals surface area contributed by atoms with E-state index < -0.39 is 16.1 Å². The highest BCUT2D eigenvalue weighted by atomic mass is 32.2. The molecule has 2 heterocycles. The van der Waals surface area contributed by atoms with Crippen LogP contribution in [-0.4, -0.2) is 60.4 Å². The molecular formula is C28H25FN2O4S. The van der Waals surface area contributed by atoms with Crippen molar-refractivity contribution in [3.8, 4) is 11.8 Å². The van der Waals surface area contributed by atoms with Gasteiger partial charge in [-0.2, -0.15) is 4.31 Å². The number of halogens is 1. The molecule has 5 rings (SSSR count). The standard InChI is InChI=1S/C28H25FN2O4S/c29-24-8-4-7-21(15-24)10-9-20-11-13-23(14-12-20)28-25-16-30(17-27(33)31(25)26(28)18-32)36(34,35)19-22-5-2-1-3-6-22/h1-8,11-15,25-26,28,32H,16-19H2/t25-,26+,28-/m0/s1. The molecule has 6 nitrogen and oxygen atoms in total. The molecule has 3 atom stereocenters. The summed E-state index contributed by atoms with van der Waals surface area (Å²) in [4.78, 5) is 14.5. The first-order valence-corrected chi connectivity index (χ1v) is 13.3. The van der Waals surface area contributed by atoms with E-state index in [2.05, 4.69) is 11.8 Å². The van der Waals surface area contributed by atoms with E-state index in [1.807, 2.05) is 30.3 Å². The van der Waals surface area contributed by atoms with Crippen LogP contribution < -0.4 is 0 Å². The monoisotopic (exact) mass is 504 g/mol. The highest BCUT2D eigenvalue weighted by Gasteiger charge is 2.55. The van der Waals surface area contributed by atoms with Crippen LogP contribution >= 0.6 is 0 Å². The molecule has 3 aromatic rings. The van der Waals surface area contributed by atoms with Crippen LogP contribution in [-0.2, 0) is 20.6 Å². The van der Waals surface area contributed by atoms with Gasteiger partial charge < -0.3 is 10.0 Å². The molecule has 0 bridgehead atoms. The van der Waals surface area contributed by atoms with E-state index in [1.54, 1.807) is 41.3 Å². The Labute approximate surface area is 210 Å². The Kier molecular flexibility index (Phi) is 6.63. The third kappa shape index (κ3) is 4.78. The SMILES string of the molecule is O=C1CN(S(=O)(=O)Cc2ccccc2)C[C@H]2[C@H](c3ccc(C#Cc4cccc(F)c4)cc3)[C@@H](CO)N12. The molecule has 2 saturated heterocycles. The van der Waals surface area contributed by atoms with Crippen molar-refractivity contribution < 1.29 is 22.7 Å². The van der Waals surface area contributed by atoms with E-state index in [0.29, 0.717) is 11.1 Å². The quantitative estimate of drug-likeness (QED) is 0.542. The molecule has 36 heavy (non-hydrogen) atoms. The zero-order chi connectivity index (χ0) is 25.3. The number of hydrogen-bond donors (Lipinski definition) is 1. The topological polar surface area (TPSA) is 77.9 Å². The van der Waals surface area contributed by atoms with Gasteiger partial charge >= 0.3 is 0 Å². The summed E-state index contributed by atoms with van der Waals surface area (Å²) < 4.78 is 40.8. The summed E-state index contributed by atoms with van der Waals surface area (Å²) in [6, 6.07) is 21.7. The zero-order valence-corrected chi connectivity index (χ0v) is 20.2. The number of amides is 1. The normalized spacial score (nSPS) is 21.8. The highest BCUT2D eigenvalue weighted by Crippen LogP contribution is 2.43. The lowest BCUT2D eigenvalue weighted by atomic mass is 9.74. The fraction of sp³-hybridized carbons (Fsp3) is 0.250. The van der Waals surface area contributed by atoms with Gasteiger partial charge in [-0.25, -0.2) is 12.8 Å². The van der Waals surface area contributed by atoms with Crippen molar-refractivity contribution in [3.63, 3.8) is 0 Å². The molecular weight excluding hydrogens is 479 g/mol. The van der Waals surface area contributed by atoms with Crippen LogP contribution in [0.2, 0.25) is 0 Å². The van der Waals surface area contributed by atoms with Crippen molar-refractivity contribution in [1.82, 2.24) is 9.21 Å². The van der Waals surface area contributed by atoms with Crippen molar-refractivity contribution in [1.29, 1.82) is 0 Å². The van der Waals surface area contributed by atoms with Crippen molar-refractivity contribution in [2.45, 2.75) is 23.8 Å². The lowest BCUT2D eigenvalue weighted by Gasteiger charge is -2.58. The smallest absolute Gasteiger partial charge is 0.238 e. The lowest BCUT2D eigenvalue weighted by Crippen LogP contribution is -2.73. The number of aliphatic hydroxyl groups excluding tert-OH is 1. The number of hydrogen-bond acceptors (Lipinski definition) is 4. The Bertz CT molecular complexity index is 1430. The molecule has 0 radical (unpaired) electrons. The highest BCUT2D eigenvalue weighted by molar-refractivity contribution is 7.88. The molecule has 1 amide bonds. The first-order chi connectivity index (χ1) is 17.4. The number of nitrogens with zero attached hydrogens (tertiary/aromatic N) is 2. The van der Waals surface area contributed by atoms with Gasteiger partial charge in [0, 0.05) is 23.6 Å². The average Bonchev–Trinajstić information content (AvgIpc) is 2.85. The van der Waals surface area contributed by atoms with Gasteiger partial charge in [-0.1, -0.05) is 60.4 Å². The molecule has 8 heteroatoms. The van der Waals surface area contributed by atoms with Crippen LogP contribution in [0.3, 0.4) is 0 Å². The maximum atomic E-state index is 13.4. The molecule has 2 fully saturated rings. The van der Waals surface area contributed by atoms with Crippen LogP contribution in [0, 0.1) is 17.7 Å². The second-order valence-electron chi connectivity index (χ2n) is 9.06. The van der Waals surface area contributed by atoms with Crippen molar-refractivity contribution in [3.05, 3.63) is 107 Å². The summed E-state index contributed by atoms with van der Waals surface area (Å²) >= 11 is 0. The molecule has 0 saturated carbocycles. The number of sulfonamides is 1. The molecule has 3 aromatic carbocycles. The molecule has 1 N–H and O–H groups in total. The molecule has 2 aliphatic rings. The fourth-order valence-corrected chi connectivity index (χ4v) is 6.54. The number of benzene rings is 3. The van der Waals surface area contributed by atoms with Crippen molar-refractivity contribution >= 4 is 15.9 Å². The molecule has 184 valence electrons. The minimum atomic E-state index is -3.69. The first kappa shape index (κ1) is 24.2. The number of aliphatic hydroxyl groups is 1. The van der Waals surface area contributed by atoms with E-state index in [4.69, 9.17) is 0 Å². The van der Waals surface area contributed by atoms with Gasteiger partial charge in [-0.15, -0.1) is 0 Å². The van der Waals surface area contributed by atoms with Gasteiger partial charge in [0.15, 0.2) is 0 Å². The first-order valence-electron chi connectivity index (χ1n) is 11.7. The Morgan fingerprint density at radius 3 is 2.36 bits per heavy atom. The van der Waals surface area contributed by atoms with Crippen LogP contribution in [0.25, 0.3) is 0 Å². The number of piperazine rings is 1. The number of carbonyl (C=O) groups excluding carboxylic acids is 1. The lowest BCUT2D eigenvalue weighted by molar-refractivity contribution is -0.158. The summed E-state index contributed by atoms with van der Waals surface area (Å²) in [5, 5.41) is 10.0. The summed E-state index contributed by atoms with van der Waals surface area (Å²) in [6.07, 6.45) is 0. The third-order valence-corrected chi connectivity index (χ3v) is 8.54. The van der Waals surface area contributed by atoms with Gasteiger partial charge in [0.05, 0.1) is 31.0 Å². The Morgan fingerprint density at radius 2 is 1.67 bits per heavy atom. The fourth-order valence-electron chi connectivity index (χ4n) is 5.06. The molecule has 0 aromatic heterocycles. The third-order valence-electron chi connectivity index (χ3n) is 6.78. The van der Waals surface area contributed by atoms with E-state index in [9.17, 15) is 22.7 Å². The van der Waals surface area contributed by atoms with E-state index in [-0.39, 0.29) is 49.1 Å². The van der Waals surface area contributed by atoms with Crippen LogP contribution in [0.1, 0.15) is 28.2 Å². The average molecular weight is 505 g/mol. The van der Waals surface area contributed by atoms with Crippen LogP contribution in [0.5, 0.6) is 0 Å². The predicted molar refractivity (Wildman–Crippen MR) is 134 cm³/mol. The van der Waals surface area contributed by atoms with E-state index >= 15 is 0 Å². The van der Waals surface area contributed by atoms with Gasteiger partial charge in [-0.05, 0) is 41.5 Å². The maximum Gasteiger partial charge on any atom is 0.238 e.